The summed E-state index contributed by atoms with van der Waals surface area (Å²) in [5, 5.41) is 20.6. The Labute approximate surface area is 96.8 Å². The number of rotatable bonds is 0. The largest absolute Gasteiger partial charge is 0.313 e. The minimum atomic E-state index is -0.0399. The van der Waals surface area contributed by atoms with E-state index in [0.717, 1.165) is 12.8 Å². The molecular weight excluding hydrogens is 204 g/mol. The lowest BCUT2D eigenvalue weighted by Gasteiger charge is -2.48. The van der Waals surface area contributed by atoms with E-state index in [1.54, 1.807) is 12.4 Å². The number of aromatic amines is 1. The van der Waals surface area contributed by atoms with Crippen LogP contribution in [0.1, 0.15) is 47.0 Å². The van der Waals surface area contributed by atoms with Crippen LogP contribution in [0, 0.1) is 0 Å². The highest BCUT2D eigenvalue weighted by Gasteiger charge is 2.40. The van der Waals surface area contributed by atoms with E-state index in [-0.39, 0.29) is 11.1 Å². The number of piperidine rings is 1. The van der Waals surface area contributed by atoms with E-state index >= 15 is 0 Å². The van der Waals surface area contributed by atoms with Gasteiger partial charge < -0.3 is 5.21 Å². The molecule has 16 heavy (non-hydrogen) atoms. The zero-order chi connectivity index (χ0) is 12.2. The third-order valence-electron chi connectivity index (χ3n) is 3.06. The van der Waals surface area contributed by atoms with Gasteiger partial charge >= 0.3 is 0 Å². The molecular formula is C11H22N4O. The van der Waals surface area contributed by atoms with Crippen molar-refractivity contribution in [2.24, 2.45) is 0 Å². The smallest absolute Gasteiger partial charge is 0.0690 e. The first-order valence-corrected chi connectivity index (χ1v) is 5.65. The Morgan fingerprint density at radius 2 is 1.50 bits per heavy atom. The van der Waals surface area contributed by atoms with Crippen molar-refractivity contribution >= 4 is 0 Å². The number of nitrogens with zero attached hydrogens (tertiary/aromatic N) is 3. The zero-order valence-electron chi connectivity index (χ0n) is 10.6. The molecule has 5 nitrogen and oxygen atoms in total. The molecule has 1 fully saturated rings. The van der Waals surface area contributed by atoms with Crippen molar-refractivity contribution < 1.29 is 5.21 Å². The van der Waals surface area contributed by atoms with Gasteiger partial charge in [-0.05, 0) is 47.0 Å². The van der Waals surface area contributed by atoms with Crippen molar-refractivity contribution in [3.8, 4) is 0 Å². The summed E-state index contributed by atoms with van der Waals surface area (Å²) in [5.41, 5.74) is -0.0799. The van der Waals surface area contributed by atoms with Gasteiger partial charge in [-0.15, -0.1) is 0 Å². The summed E-state index contributed by atoms with van der Waals surface area (Å²) in [7, 11) is 0. The van der Waals surface area contributed by atoms with Crippen LogP contribution < -0.4 is 0 Å². The molecule has 0 bridgehead atoms. The summed E-state index contributed by atoms with van der Waals surface area (Å²) in [6.45, 7) is 8.36. The second-order valence-corrected chi connectivity index (χ2v) is 5.45. The monoisotopic (exact) mass is 226 g/mol. The molecule has 2 rings (SSSR count). The normalized spacial score (nSPS) is 23.3. The lowest BCUT2D eigenvalue weighted by atomic mass is 9.82. The number of hydrogen-bond acceptors (Lipinski definition) is 4. The number of aromatic nitrogens is 3. The van der Waals surface area contributed by atoms with Gasteiger partial charge in [-0.2, -0.15) is 20.5 Å². The molecule has 1 aliphatic heterocycles. The van der Waals surface area contributed by atoms with Crippen molar-refractivity contribution in [1.82, 2.24) is 20.5 Å². The predicted molar refractivity (Wildman–Crippen MR) is 62.0 cm³/mol. The van der Waals surface area contributed by atoms with Crippen molar-refractivity contribution in [2.45, 2.75) is 58.0 Å². The van der Waals surface area contributed by atoms with Crippen LogP contribution in [0.15, 0.2) is 12.4 Å². The zero-order valence-corrected chi connectivity index (χ0v) is 10.6. The maximum Gasteiger partial charge on any atom is 0.0690 e. The van der Waals surface area contributed by atoms with Crippen molar-refractivity contribution in [3.63, 3.8) is 0 Å². The second kappa shape index (κ2) is 4.93. The molecule has 0 saturated carbocycles. The Balaban J connectivity index is 0.000000212. The number of H-pyrrole nitrogens is 1. The van der Waals surface area contributed by atoms with Gasteiger partial charge in [0.1, 0.15) is 0 Å². The average molecular weight is 226 g/mol. The van der Waals surface area contributed by atoms with Gasteiger partial charge in [-0.3, -0.25) is 0 Å². The molecule has 92 valence electrons. The molecule has 0 spiro atoms. The highest BCUT2D eigenvalue weighted by molar-refractivity contribution is 4.91. The highest BCUT2D eigenvalue weighted by Crippen LogP contribution is 2.35. The van der Waals surface area contributed by atoms with Gasteiger partial charge in [0, 0.05) is 11.1 Å². The molecule has 2 N–H and O–H groups in total. The molecule has 0 unspecified atom stereocenters. The summed E-state index contributed by atoms with van der Waals surface area (Å²) in [4.78, 5) is 0. The number of nitrogens with one attached hydrogen (secondary N) is 1. The number of hydroxylamine groups is 2. The molecule has 0 aromatic carbocycles. The standard InChI is InChI=1S/C9H19NO.C2H3N3/c1-8(2)6-5-7-9(3,4)10(8)11;1-2-4-5-3-1/h11H,5-7H2,1-4H3;1-2H,(H,3,4,5). The van der Waals surface area contributed by atoms with E-state index < -0.39 is 0 Å². The van der Waals surface area contributed by atoms with Gasteiger partial charge in [0.2, 0.25) is 0 Å². The van der Waals surface area contributed by atoms with Crippen molar-refractivity contribution in [3.05, 3.63) is 12.4 Å². The van der Waals surface area contributed by atoms with Crippen molar-refractivity contribution in [2.75, 3.05) is 0 Å². The van der Waals surface area contributed by atoms with E-state index in [4.69, 9.17) is 0 Å². The number of hydrogen-bond donors (Lipinski definition) is 2. The van der Waals surface area contributed by atoms with Gasteiger partial charge in [0.25, 0.3) is 0 Å². The summed E-state index contributed by atoms with van der Waals surface area (Å²) in [6, 6.07) is 0. The highest BCUT2D eigenvalue weighted by atomic mass is 16.5. The van der Waals surface area contributed by atoms with E-state index in [1.807, 2.05) is 0 Å². The van der Waals surface area contributed by atoms with Crippen LogP contribution in [0.4, 0.5) is 0 Å². The van der Waals surface area contributed by atoms with Gasteiger partial charge in [-0.25, -0.2) is 0 Å². The average Bonchev–Trinajstić information content (AvgIpc) is 2.71. The first kappa shape index (κ1) is 13.1. The summed E-state index contributed by atoms with van der Waals surface area (Å²) < 4.78 is 0. The van der Waals surface area contributed by atoms with Crippen LogP contribution >= 0.6 is 0 Å². The van der Waals surface area contributed by atoms with Gasteiger partial charge in [0.15, 0.2) is 0 Å². The maximum absolute atomic E-state index is 9.80. The molecule has 2 heterocycles. The summed E-state index contributed by atoms with van der Waals surface area (Å²) in [6.07, 6.45) is 6.57. The summed E-state index contributed by atoms with van der Waals surface area (Å²) in [5.74, 6) is 0. The Morgan fingerprint density at radius 1 is 1.06 bits per heavy atom. The van der Waals surface area contributed by atoms with E-state index in [2.05, 4.69) is 43.1 Å². The first-order valence-electron chi connectivity index (χ1n) is 5.65. The molecule has 1 aromatic rings. The van der Waals surface area contributed by atoms with E-state index in [9.17, 15) is 5.21 Å². The fraction of sp³-hybridized carbons (Fsp3) is 0.818. The van der Waals surface area contributed by atoms with Crippen molar-refractivity contribution in [1.29, 1.82) is 0 Å². The Hall–Kier alpha value is -0.940. The molecule has 1 aromatic heterocycles. The predicted octanol–water partition coefficient (Wildman–Crippen LogP) is 2.22. The minimum Gasteiger partial charge on any atom is -0.313 e. The lowest BCUT2D eigenvalue weighted by Crippen LogP contribution is -2.56. The third kappa shape index (κ3) is 3.28. The summed E-state index contributed by atoms with van der Waals surface area (Å²) >= 11 is 0. The van der Waals surface area contributed by atoms with Crippen LogP contribution in [-0.4, -0.2) is 36.8 Å². The quantitative estimate of drug-likeness (QED) is 0.712. The molecule has 0 amide bonds. The topological polar surface area (TPSA) is 65.0 Å². The molecule has 1 aliphatic rings. The van der Waals surface area contributed by atoms with Crippen LogP contribution in [-0.2, 0) is 0 Å². The lowest BCUT2D eigenvalue weighted by molar-refractivity contribution is -0.241. The van der Waals surface area contributed by atoms with Crippen LogP contribution in [0.3, 0.4) is 0 Å². The van der Waals surface area contributed by atoms with Crippen LogP contribution in [0.5, 0.6) is 0 Å². The Bertz CT molecular complexity index is 262. The maximum atomic E-state index is 9.80. The Kier molecular flexibility index (Phi) is 4.04. The second-order valence-electron chi connectivity index (χ2n) is 5.45. The Morgan fingerprint density at radius 3 is 1.75 bits per heavy atom. The van der Waals surface area contributed by atoms with Crippen LogP contribution in [0.2, 0.25) is 0 Å². The van der Waals surface area contributed by atoms with Crippen LogP contribution in [0.25, 0.3) is 0 Å². The van der Waals surface area contributed by atoms with E-state index in [0.29, 0.717) is 0 Å². The molecule has 0 atom stereocenters. The van der Waals surface area contributed by atoms with E-state index in [1.165, 1.54) is 11.5 Å². The molecule has 1 saturated heterocycles. The minimum absolute atomic E-state index is 0.0399. The first-order chi connectivity index (χ1) is 7.36. The SMILES string of the molecule is CC1(C)CCCC(C)(C)N1O.c1cn[nH]n1. The van der Waals surface area contributed by atoms with Gasteiger partial charge in [-0.1, -0.05) is 0 Å². The van der Waals surface area contributed by atoms with Gasteiger partial charge in [0.05, 0.1) is 12.4 Å². The molecule has 0 radical (unpaired) electrons. The fourth-order valence-electron chi connectivity index (χ4n) is 2.15. The fourth-order valence-corrected chi connectivity index (χ4v) is 2.15. The third-order valence-corrected chi connectivity index (χ3v) is 3.06. The molecule has 5 heteroatoms. The molecule has 0 aliphatic carbocycles.